The molecule has 0 radical (unpaired) electrons. The molecule has 1 aromatic rings. The summed E-state index contributed by atoms with van der Waals surface area (Å²) < 4.78 is 0. The number of rotatable bonds is 1. The monoisotopic (exact) mass is 250 g/mol. The van der Waals surface area contributed by atoms with Crippen molar-refractivity contribution in [3.8, 4) is 0 Å². The molecule has 1 fully saturated rings. The van der Waals surface area contributed by atoms with Crippen molar-refractivity contribution < 1.29 is 5.11 Å². The second kappa shape index (κ2) is 4.33. The Hall–Kier alpha value is -0.470. The summed E-state index contributed by atoms with van der Waals surface area (Å²) in [6.07, 6.45) is 0.869. The molecule has 1 nitrogen and oxygen atoms in total. The van der Waals surface area contributed by atoms with Gasteiger partial charge in [-0.05, 0) is 28.7 Å². The molecule has 0 aliphatic carbocycles. The molecule has 0 spiro atoms. The molecule has 17 heavy (non-hydrogen) atoms. The van der Waals surface area contributed by atoms with Crippen LogP contribution in [0.3, 0.4) is 0 Å². The van der Waals surface area contributed by atoms with E-state index >= 15 is 0 Å². The van der Waals surface area contributed by atoms with Crippen LogP contribution in [-0.2, 0) is 11.0 Å². The van der Waals surface area contributed by atoms with Crippen molar-refractivity contribution >= 4 is 11.8 Å². The van der Waals surface area contributed by atoms with E-state index in [1.165, 1.54) is 5.56 Å². The molecule has 1 saturated heterocycles. The molecule has 1 aromatic carbocycles. The van der Waals surface area contributed by atoms with Gasteiger partial charge in [-0.15, -0.1) is 0 Å². The highest BCUT2D eigenvalue weighted by Gasteiger charge is 2.40. The van der Waals surface area contributed by atoms with E-state index in [0.717, 1.165) is 17.7 Å². The molecule has 1 aliphatic rings. The lowest BCUT2D eigenvalue weighted by Gasteiger charge is -2.28. The number of aliphatic hydroxyl groups is 1. The Morgan fingerprint density at radius 3 is 2.24 bits per heavy atom. The van der Waals surface area contributed by atoms with Crippen molar-refractivity contribution in [3.63, 3.8) is 0 Å². The standard InChI is InChI=1S/C15H22OS/c1-11-15(16,9-10-17-11)13-7-5-12(6-8-13)14(2,3)4/h5-8,11,16H,9-10H2,1-4H3. The summed E-state index contributed by atoms with van der Waals surface area (Å²) in [7, 11) is 0. The van der Waals surface area contributed by atoms with Crippen LogP contribution in [0.4, 0.5) is 0 Å². The molecule has 0 amide bonds. The van der Waals surface area contributed by atoms with E-state index < -0.39 is 5.60 Å². The molecule has 1 heterocycles. The zero-order valence-electron chi connectivity index (χ0n) is 11.2. The van der Waals surface area contributed by atoms with Crippen LogP contribution in [0.1, 0.15) is 45.2 Å². The molecule has 1 N–H and O–H groups in total. The molecule has 0 aromatic heterocycles. The van der Waals surface area contributed by atoms with Crippen LogP contribution in [0.25, 0.3) is 0 Å². The van der Waals surface area contributed by atoms with Crippen molar-refractivity contribution in [1.29, 1.82) is 0 Å². The minimum atomic E-state index is -0.624. The average molecular weight is 250 g/mol. The molecule has 2 unspecified atom stereocenters. The second-order valence-electron chi connectivity index (χ2n) is 6.01. The van der Waals surface area contributed by atoms with Gasteiger partial charge in [0.05, 0.1) is 0 Å². The fourth-order valence-corrected chi connectivity index (χ4v) is 3.68. The maximum absolute atomic E-state index is 10.7. The van der Waals surface area contributed by atoms with Gasteiger partial charge in [0.15, 0.2) is 0 Å². The summed E-state index contributed by atoms with van der Waals surface area (Å²) in [5.74, 6) is 1.05. The van der Waals surface area contributed by atoms with Gasteiger partial charge in [0, 0.05) is 5.25 Å². The fraction of sp³-hybridized carbons (Fsp3) is 0.600. The number of hydrogen-bond acceptors (Lipinski definition) is 2. The van der Waals surface area contributed by atoms with Crippen LogP contribution in [0.15, 0.2) is 24.3 Å². The molecule has 2 heteroatoms. The number of hydrogen-bond donors (Lipinski definition) is 1. The van der Waals surface area contributed by atoms with E-state index in [1.54, 1.807) is 0 Å². The summed E-state index contributed by atoms with van der Waals surface area (Å²) in [6.45, 7) is 8.76. The fourth-order valence-electron chi connectivity index (χ4n) is 2.37. The van der Waals surface area contributed by atoms with Gasteiger partial charge in [-0.2, -0.15) is 11.8 Å². The SMILES string of the molecule is CC1SCCC1(O)c1ccc(C(C)(C)C)cc1. The van der Waals surface area contributed by atoms with Crippen LogP contribution >= 0.6 is 11.8 Å². The van der Waals surface area contributed by atoms with Crippen LogP contribution in [-0.4, -0.2) is 16.1 Å². The highest BCUT2D eigenvalue weighted by atomic mass is 32.2. The van der Waals surface area contributed by atoms with Crippen LogP contribution in [0, 0.1) is 0 Å². The molecule has 1 aliphatic heterocycles. The third-order valence-electron chi connectivity index (χ3n) is 3.77. The van der Waals surface area contributed by atoms with Gasteiger partial charge in [-0.25, -0.2) is 0 Å². The normalized spacial score (nSPS) is 29.6. The lowest BCUT2D eigenvalue weighted by Crippen LogP contribution is -2.31. The summed E-state index contributed by atoms with van der Waals surface area (Å²) >= 11 is 1.86. The Morgan fingerprint density at radius 1 is 1.24 bits per heavy atom. The lowest BCUT2D eigenvalue weighted by molar-refractivity contribution is 0.0427. The van der Waals surface area contributed by atoms with Gasteiger partial charge in [0.2, 0.25) is 0 Å². The van der Waals surface area contributed by atoms with Gasteiger partial charge in [0.25, 0.3) is 0 Å². The van der Waals surface area contributed by atoms with Crippen molar-refractivity contribution in [1.82, 2.24) is 0 Å². The first kappa shape index (κ1) is 13.0. The van der Waals surface area contributed by atoms with E-state index in [0.29, 0.717) is 5.25 Å². The maximum Gasteiger partial charge on any atom is 0.102 e. The van der Waals surface area contributed by atoms with Crippen LogP contribution in [0.2, 0.25) is 0 Å². The molecular formula is C15H22OS. The third-order valence-corrected chi connectivity index (χ3v) is 5.10. The van der Waals surface area contributed by atoms with E-state index in [4.69, 9.17) is 0 Å². The minimum Gasteiger partial charge on any atom is -0.384 e. The Balaban J connectivity index is 2.30. The molecule has 0 bridgehead atoms. The summed E-state index contributed by atoms with van der Waals surface area (Å²) in [5.41, 5.74) is 1.95. The van der Waals surface area contributed by atoms with E-state index in [-0.39, 0.29) is 5.41 Å². The van der Waals surface area contributed by atoms with Gasteiger partial charge in [-0.3, -0.25) is 0 Å². The van der Waals surface area contributed by atoms with E-state index in [1.807, 2.05) is 11.8 Å². The zero-order valence-corrected chi connectivity index (χ0v) is 12.0. The largest absolute Gasteiger partial charge is 0.384 e. The highest BCUT2D eigenvalue weighted by molar-refractivity contribution is 8.00. The van der Waals surface area contributed by atoms with E-state index in [2.05, 4.69) is 52.0 Å². The smallest absolute Gasteiger partial charge is 0.102 e. The Bertz CT molecular complexity index is 390. The molecule has 0 saturated carbocycles. The number of benzene rings is 1. The van der Waals surface area contributed by atoms with Crippen molar-refractivity contribution in [2.45, 2.75) is 50.4 Å². The predicted octanol–water partition coefficient (Wildman–Crippen LogP) is 3.70. The molecule has 2 rings (SSSR count). The summed E-state index contributed by atoms with van der Waals surface area (Å²) in [6, 6.07) is 8.51. The minimum absolute atomic E-state index is 0.178. The van der Waals surface area contributed by atoms with Gasteiger partial charge in [-0.1, -0.05) is 52.0 Å². The quantitative estimate of drug-likeness (QED) is 0.820. The van der Waals surface area contributed by atoms with Crippen molar-refractivity contribution in [2.75, 3.05) is 5.75 Å². The Labute approximate surface area is 109 Å². The highest BCUT2D eigenvalue weighted by Crippen LogP contribution is 2.43. The first-order valence-corrected chi connectivity index (χ1v) is 7.34. The predicted molar refractivity (Wildman–Crippen MR) is 75.6 cm³/mol. The molecular weight excluding hydrogens is 228 g/mol. The van der Waals surface area contributed by atoms with Crippen LogP contribution < -0.4 is 0 Å². The lowest BCUT2D eigenvalue weighted by atomic mass is 9.83. The maximum atomic E-state index is 10.7. The Kier molecular flexibility index (Phi) is 3.30. The topological polar surface area (TPSA) is 20.2 Å². The molecule has 2 atom stereocenters. The zero-order chi connectivity index (χ0) is 12.7. The van der Waals surface area contributed by atoms with Gasteiger partial charge < -0.3 is 5.11 Å². The Morgan fingerprint density at radius 2 is 1.82 bits per heavy atom. The summed E-state index contributed by atoms with van der Waals surface area (Å²) in [4.78, 5) is 0. The van der Waals surface area contributed by atoms with Crippen molar-refractivity contribution in [3.05, 3.63) is 35.4 Å². The third kappa shape index (κ3) is 2.38. The van der Waals surface area contributed by atoms with Gasteiger partial charge in [0.1, 0.15) is 5.60 Å². The second-order valence-corrected chi connectivity index (χ2v) is 7.46. The number of thioether (sulfide) groups is 1. The van der Waals surface area contributed by atoms with E-state index in [9.17, 15) is 5.11 Å². The van der Waals surface area contributed by atoms with Gasteiger partial charge >= 0.3 is 0 Å². The summed E-state index contributed by atoms with van der Waals surface area (Å²) in [5, 5.41) is 11.0. The first-order chi connectivity index (χ1) is 7.84. The first-order valence-electron chi connectivity index (χ1n) is 6.29. The average Bonchev–Trinajstić information content (AvgIpc) is 2.60. The van der Waals surface area contributed by atoms with Crippen molar-refractivity contribution in [2.24, 2.45) is 0 Å². The van der Waals surface area contributed by atoms with Crippen LogP contribution in [0.5, 0.6) is 0 Å². The molecule has 94 valence electrons.